The SMILES string of the molecule is COc1cnc2c(Nc3ccc(F)c(C4(C)CN(C)S(=O)(=O)C(C)(C)C(N)=N4)c3)nccc2c1. The maximum absolute atomic E-state index is 15.1. The molecule has 1 atom stereocenters. The maximum Gasteiger partial charge on any atom is 0.226 e. The number of sulfonamides is 1. The van der Waals surface area contributed by atoms with E-state index in [1.165, 1.54) is 31.3 Å². The Morgan fingerprint density at radius 3 is 2.62 bits per heavy atom. The van der Waals surface area contributed by atoms with Gasteiger partial charge in [0.1, 0.15) is 33.2 Å². The number of halogens is 1. The van der Waals surface area contributed by atoms with E-state index < -0.39 is 26.1 Å². The summed E-state index contributed by atoms with van der Waals surface area (Å²) in [7, 11) is -0.781. The summed E-state index contributed by atoms with van der Waals surface area (Å²) in [6.07, 6.45) is 3.23. The van der Waals surface area contributed by atoms with Gasteiger partial charge in [0, 0.05) is 36.4 Å². The third-order valence-electron chi connectivity index (χ3n) is 6.19. The number of rotatable bonds is 4. The number of nitrogens with two attached hydrogens (primary N) is 1. The van der Waals surface area contributed by atoms with E-state index in [1.807, 2.05) is 12.1 Å². The van der Waals surface area contributed by atoms with E-state index >= 15 is 4.39 Å². The molecular formula is C23H27FN6O3S. The molecule has 0 saturated heterocycles. The second kappa shape index (κ2) is 8.17. The summed E-state index contributed by atoms with van der Waals surface area (Å²) in [5.74, 6) is 0.495. The molecular weight excluding hydrogens is 459 g/mol. The van der Waals surface area contributed by atoms with Crippen LogP contribution >= 0.6 is 0 Å². The number of benzene rings is 1. The fraction of sp³-hybridized carbons (Fsp3) is 0.348. The molecule has 1 aliphatic heterocycles. The first-order chi connectivity index (χ1) is 15.9. The quantitative estimate of drug-likeness (QED) is 0.581. The maximum atomic E-state index is 15.1. The van der Waals surface area contributed by atoms with Crippen LogP contribution in [-0.2, 0) is 15.6 Å². The molecule has 3 heterocycles. The normalized spacial score (nSPS) is 22.1. The standard InChI is InChI=1S/C23H27FN6O3S/c1-22(2)21(25)29-23(3,13-30(4)34(22,31)32)17-11-15(6-7-18(17)24)28-20-19-14(8-9-26-20)10-16(33-5)12-27-19/h6-12H,13H2,1-5H3,(H2,25,29)(H,26,28). The molecule has 1 aromatic carbocycles. The summed E-state index contributed by atoms with van der Waals surface area (Å²) >= 11 is 0. The predicted octanol–water partition coefficient (Wildman–Crippen LogP) is 3.15. The Hall–Kier alpha value is -3.31. The molecule has 1 aliphatic rings. The molecule has 0 spiro atoms. The van der Waals surface area contributed by atoms with Crippen molar-refractivity contribution in [1.29, 1.82) is 0 Å². The zero-order chi connectivity index (χ0) is 24.9. The number of nitrogens with zero attached hydrogens (tertiary/aromatic N) is 4. The highest BCUT2D eigenvalue weighted by molar-refractivity contribution is 7.91. The van der Waals surface area contributed by atoms with Gasteiger partial charge in [0.15, 0.2) is 5.82 Å². The summed E-state index contributed by atoms with van der Waals surface area (Å²) < 4.78 is 46.0. The van der Waals surface area contributed by atoms with Crippen molar-refractivity contribution >= 4 is 38.3 Å². The van der Waals surface area contributed by atoms with Crippen molar-refractivity contribution in [2.75, 3.05) is 26.0 Å². The summed E-state index contributed by atoms with van der Waals surface area (Å²) in [5, 5.41) is 4.01. The van der Waals surface area contributed by atoms with Gasteiger partial charge in [-0.25, -0.2) is 27.1 Å². The molecule has 180 valence electrons. The number of hydrogen-bond donors (Lipinski definition) is 2. The van der Waals surface area contributed by atoms with Gasteiger partial charge in [-0.15, -0.1) is 0 Å². The molecule has 3 N–H and O–H groups in total. The van der Waals surface area contributed by atoms with Gasteiger partial charge >= 0.3 is 0 Å². The lowest BCUT2D eigenvalue weighted by atomic mass is 9.91. The van der Waals surface area contributed by atoms with E-state index in [0.29, 0.717) is 22.8 Å². The van der Waals surface area contributed by atoms with Crippen molar-refractivity contribution in [2.24, 2.45) is 10.7 Å². The van der Waals surface area contributed by atoms with Crippen molar-refractivity contribution in [3.63, 3.8) is 0 Å². The van der Waals surface area contributed by atoms with E-state index in [9.17, 15) is 8.42 Å². The summed E-state index contributed by atoms with van der Waals surface area (Å²) in [6, 6.07) is 8.12. The molecule has 0 fully saturated rings. The van der Waals surface area contributed by atoms with Crippen LogP contribution in [0.2, 0.25) is 0 Å². The predicted molar refractivity (Wildman–Crippen MR) is 130 cm³/mol. The van der Waals surface area contributed by atoms with Gasteiger partial charge in [-0.2, -0.15) is 0 Å². The Morgan fingerprint density at radius 2 is 1.91 bits per heavy atom. The van der Waals surface area contributed by atoms with Gasteiger partial charge in [0.05, 0.1) is 13.3 Å². The third-order valence-corrected chi connectivity index (χ3v) is 8.64. The van der Waals surface area contributed by atoms with Gasteiger partial charge in [-0.3, -0.25) is 4.99 Å². The number of methoxy groups -OCH3 is 1. The number of amidine groups is 1. The van der Waals surface area contributed by atoms with Crippen molar-refractivity contribution in [2.45, 2.75) is 31.1 Å². The van der Waals surface area contributed by atoms with Gasteiger partial charge in [0.25, 0.3) is 0 Å². The average Bonchev–Trinajstić information content (AvgIpc) is 2.83. The lowest BCUT2D eigenvalue weighted by Gasteiger charge is -2.29. The van der Waals surface area contributed by atoms with Crippen molar-refractivity contribution in [3.05, 3.63) is 54.1 Å². The first-order valence-corrected chi connectivity index (χ1v) is 12.0. The summed E-state index contributed by atoms with van der Waals surface area (Å²) in [6.45, 7) is 4.57. The third kappa shape index (κ3) is 3.84. The number of nitrogens with one attached hydrogen (secondary N) is 1. The number of aromatic nitrogens is 2. The van der Waals surface area contributed by atoms with Crippen molar-refractivity contribution in [1.82, 2.24) is 14.3 Å². The molecule has 0 amide bonds. The molecule has 2 aromatic heterocycles. The van der Waals surface area contributed by atoms with Crippen molar-refractivity contribution in [3.8, 4) is 5.75 Å². The minimum Gasteiger partial charge on any atom is -0.495 e. The fourth-order valence-electron chi connectivity index (χ4n) is 4.02. The van der Waals surface area contributed by atoms with Crippen LogP contribution in [0.15, 0.2) is 47.7 Å². The molecule has 34 heavy (non-hydrogen) atoms. The Bertz CT molecular complexity index is 1410. The van der Waals surface area contributed by atoms with Crippen LogP contribution in [0.3, 0.4) is 0 Å². The topological polar surface area (TPSA) is 123 Å². The van der Waals surface area contributed by atoms with Crippen LogP contribution in [0, 0.1) is 5.82 Å². The molecule has 11 heteroatoms. The molecule has 0 saturated carbocycles. The second-order valence-electron chi connectivity index (χ2n) is 8.97. The minimum atomic E-state index is -3.80. The highest BCUT2D eigenvalue weighted by Crippen LogP contribution is 2.37. The van der Waals surface area contributed by atoms with Gasteiger partial charge in [-0.05, 0) is 51.1 Å². The first kappa shape index (κ1) is 23.8. The largest absolute Gasteiger partial charge is 0.495 e. The highest BCUT2D eigenvalue weighted by atomic mass is 32.2. The van der Waals surface area contributed by atoms with Crippen LogP contribution in [-0.4, -0.2) is 54.0 Å². The minimum absolute atomic E-state index is 0.0757. The molecule has 0 aliphatic carbocycles. The summed E-state index contributed by atoms with van der Waals surface area (Å²) in [4.78, 5) is 13.3. The molecule has 3 aromatic rings. The fourth-order valence-corrected chi connectivity index (χ4v) is 5.53. The Balaban J connectivity index is 1.78. The van der Waals surface area contributed by atoms with Crippen LogP contribution in [0.5, 0.6) is 5.75 Å². The monoisotopic (exact) mass is 486 g/mol. The number of pyridine rings is 2. The number of ether oxygens (including phenoxy) is 1. The Labute approximate surface area is 197 Å². The van der Waals surface area contributed by atoms with E-state index in [0.717, 1.165) is 5.39 Å². The number of aliphatic imine (C=N–C) groups is 1. The number of anilines is 2. The average molecular weight is 487 g/mol. The first-order valence-electron chi connectivity index (χ1n) is 10.6. The van der Waals surface area contributed by atoms with E-state index in [-0.39, 0.29) is 17.9 Å². The van der Waals surface area contributed by atoms with Crippen LogP contribution in [0.1, 0.15) is 26.3 Å². The van der Waals surface area contributed by atoms with Crippen molar-refractivity contribution < 1.29 is 17.5 Å². The van der Waals surface area contributed by atoms with Crippen LogP contribution in [0.4, 0.5) is 15.9 Å². The van der Waals surface area contributed by atoms with Crippen LogP contribution < -0.4 is 15.8 Å². The number of likely N-dealkylation sites (N-methyl/N-ethyl adjacent to an activating group) is 1. The zero-order valence-corrected chi connectivity index (χ0v) is 20.4. The van der Waals surface area contributed by atoms with Gasteiger partial charge in [0.2, 0.25) is 10.0 Å². The smallest absolute Gasteiger partial charge is 0.226 e. The summed E-state index contributed by atoms with van der Waals surface area (Å²) in [5.41, 5.74) is 6.25. The lowest BCUT2D eigenvalue weighted by Crippen LogP contribution is -2.50. The molecule has 9 nitrogen and oxygen atoms in total. The van der Waals surface area contributed by atoms with Crippen LogP contribution in [0.25, 0.3) is 10.9 Å². The number of fused-ring (bicyclic) bond motifs is 1. The van der Waals surface area contributed by atoms with E-state index in [1.54, 1.807) is 38.6 Å². The Morgan fingerprint density at radius 1 is 1.18 bits per heavy atom. The highest BCUT2D eigenvalue weighted by Gasteiger charge is 2.48. The van der Waals surface area contributed by atoms with Gasteiger partial charge in [-0.1, -0.05) is 0 Å². The molecule has 0 radical (unpaired) electrons. The Kier molecular flexibility index (Phi) is 5.73. The molecule has 4 rings (SSSR count). The van der Waals surface area contributed by atoms with Gasteiger partial charge < -0.3 is 15.8 Å². The zero-order valence-electron chi connectivity index (χ0n) is 19.6. The lowest BCUT2D eigenvalue weighted by molar-refractivity contribution is 0.355. The second-order valence-corrected chi connectivity index (χ2v) is 11.6. The molecule has 0 bridgehead atoms. The van der Waals surface area contributed by atoms with E-state index in [2.05, 4.69) is 20.3 Å². The molecule has 1 unspecified atom stereocenters. The van der Waals surface area contributed by atoms with E-state index in [4.69, 9.17) is 10.5 Å². The number of hydrogen-bond acceptors (Lipinski definition) is 8.